The molecule has 0 unspecified atom stereocenters. The maximum absolute atomic E-state index is 12.6. The van der Waals surface area contributed by atoms with Gasteiger partial charge in [-0.1, -0.05) is 0 Å². The highest BCUT2D eigenvalue weighted by molar-refractivity contribution is 9.10. The van der Waals surface area contributed by atoms with Gasteiger partial charge in [0.15, 0.2) is 23.3 Å². The molecule has 64 valence electrons. The van der Waals surface area contributed by atoms with Crippen molar-refractivity contribution in [1.29, 1.82) is 0 Å². The molecule has 1 rings (SSSR count). The van der Waals surface area contributed by atoms with E-state index < -0.39 is 23.3 Å². The van der Waals surface area contributed by atoms with E-state index in [2.05, 4.69) is 15.9 Å². The van der Waals surface area contributed by atoms with Gasteiger partial charge in [-0.05, 0) is 21.4 Å². The van der Waals surface area contributed by atoms with Crippen LogP contribution in [0.25, 0.3) is 0 Å². The van der Waals surface area contributed by atoms with Gasteiger partial charge in [-0.15, -0.1) is 0 Å². The van der Waals surface area contributed by atoms with Gasteiger partial charge in [0.05, 0.1) is 4.47 Å². The minimum absolute atomic E-state index is 0.286. The van der Waals surface area contributed by atoms with Crippen LogP contribution in [0, 0.1) is 23.3 Å². The van der Waals surface area contributed by atoms with Crippen molar-refractivity contribution >= 4 is 29.2 Å². The Morgan fingerprint density at radius 2 is 1.25 bits per heavy atom. The SMILES string of the molecule is Bc1c(F)c(F)c(F)c(F)c1Br. The molecular formula is C6H2BBrF4. The third-order valence-electron chi connectivity index (χ3n) is 1.43. The molecule has 1 aromatic rings. The molecule has 0 aromatic heterocycles. The Hall–Kier alpha value is -0.515. The van der Waals surface area contributed by atoms with Gasteiger partial charge in [0, 0.05) is 0 Å². The highest BCUT2D eigenvalue weighted by Crippen LogP contribution is 2.20. The molecule has 1 aromatic carbocycles. The number of hydrogen-bond acceptors (Lipinski definition) is 0. The molecule has 0 aliphatic rings. The van der Waals surface area contributed by atoms with E-state index in [4.69, 9.17) is 0 Å². The molecule has 0 radical (unpaired) electrons. The summed E-state index contributed by atoms with van der Waals surface area (Å²) in [6, 6.07) is 0. The maximum atomic E-state index is 12.6. The van der Waals surface area contributed by atoms with Gasteiger partial charge in [-0.2, -0.15) is 0 Å². The lowest BCUT2D eigenvalue weighted by Crippen LogP contribution is -2.17. The fraction of sp³-hybridized carbons (Fsp3) is 0. The fourth-order valence-corrected chi connectivity index (χ4v) is 1.06. The van der Waals surface area contributed by atoms with Crippen LogP contribution in [0.2, 0.25) is 0 Å². The zero-order chi connectivity index (χ0) is 9.46. The number of rotatable bonds is 0. The molecule has 0 N–H and O–H groups in total. The molecule has 0 heterocycles. The van der Waals surface area contributed by atoms with Crippen LogP contribution in [0.3, 0.4) is 0 Å². The highest BCUT2D eigenvalue weighted by Gasteiger charge is 2.20. The van der Waals surface area contributed by atoms with E-state index in [9.17, 15) is 17.6 Å². The van der Waals surface area contributed by atoms with Crippen LogP contribution in [0.1, 0.15) is 0 Å². The summed E-state index contributed by atoms with van der Waals surface area (Å²) in [6.07, 6.45) is 0. The van der Waals surface area contributed by atoms with Crippen LogP contribution < -0.4 is 5.46 Å². The Morgan fingerprint density at radius 1 is 0.833 bits per heavy atom. The molecule has 0 saturated carbocycles. The number of hydrogen-bond donors (Lipinski definition) is 0. The normalized spacial score (nSPS) is 10.4. The van der Waals surface area contributed by atoms with Crippen LogP contribution >= 0.6 is 15.9 Å². The summed E-state index contributed by atoms with van der Waals surface area (Å²) < 4.78 is 49.7. The smallest absolute Gasteiger partial charge is 0.198 e. The summed E-state index contributed by atoms with van der Waals surface area (Å²) >= 11 is 2.59. The van der Waals surface area contributed by atoms with E-state index in [1.807, 2.05) is 0 Å². The maximum Gasteiger partial charge on any atom is 0.198 e. The van der Waals surface area contributed by atoms with Gasteiger partial charge in [-0.25, -0.2) is 17.6 Å². The first-order chi connectivity index (χ1) is 5.46. The van der Waals surface area contributed by atoms with Gasteiger partial charge >= 0.3 is 0 Å². The van der Waals surface area contributed by atoms with E-state index in [0.29, 0.717) is 0 Å². The Balaban J connectivity index is 3.60. The second kappa shape index (κ2) is 3.09. The van der Waals surface area contributed by atoms with Crippen molar-refractivity contribution in [2.45, 2.75) is 0 Å². The molecule has 0 spiro atoms. The van der Waals surface area contributed by atoms with E-state index in [0.717, 1.165) is 7.85 Å². The van der Waals surface area contributed by atoms with E-state index >= 15 is 0 Å². The standard InChI is InChI=1S/C6H2BBrF4/c7-1-2(8)4(10)6(12)5(11)3(1)9/h7H2. The summed E-state index contributed by atoms with van der Waals surface area (Å²) in [4.78, 5) is 0. The Kier molecular flexibility index (Phi) is 2.46. The average Bonchev–Trinajstić information content (AvgIpc) is 2.08. The van der Waals surface area contributed by atoms with Crippen LogP contribution in [-0.2, 0) is 0 Å². The van der Waals surface area contributed by atoms with Crippen molar-refractivity contribution in [3.05, 3.63) is 27.7 Å². The summed E-state index contributed by atoms with van der Waals surface area (Å²) in [6.45, 7) is 0. The molecule has 0 amide bonds. The van der Waals surface area contributed by atoms with Crippen molar-refractivity contribution in [1.82, 2.24) is 0 Å². The molecule has 0 aliphatic heterocycles. The summed E-state index contributed by atoms with van der Waals surface area (Å²) in [5.74, 6) is -6.37. The first-order valence-electron chi connectivity index (χ1n) is 2.94. The van der Waals surface area contributed by atoms with Crippen molar-refractivity contribution in [3.63, 3.8) is 0 Å². The Labute approximate surface area is 75.1 Å². The first kappa shape index (κ1) is 9.57. The van der Waals surface area contributed by atoms with Gasteiger partial charge in [0.25, 0.3) is 0 Å². The molecule has 6 heteroatoms. The van der Waals surface area contributed by atoms with E-state index in [1.165, 1.54) is 0 Å². The molecule has 0 aliphatic carbocycles. The van der Waals surface area contributed by atoms with Crippen LogP contribution in [0.15, 0.2) is 4.47 Å². The van der Waals surface area contributed by atoms with Crippen molar-refractivity contribution in [2.24, 2.45) is 0 Å². The van der Waals surface area contributed by atoms with E-state index in [-0.39, 0.29) is 9.94 Å². The predicted molar refractivity (Wildman–Crippen MR) is 42.2 cm³/mol. The number of benzene rings is 1. The summed E-state index contributed by atoms with van der Waals surface area (Å²) in [5.41, 5.74) is -0.286. The van der Waals surface area contributed by atoms with Gasteiger partial charge in [0.1, 0.15) is 7.85 Å². The van der Waals surface area contributed by atoms with Crippen LogP contribution in [-0.4, -0.2) is 7.85 Å². The Morgan fingerprint density at radius 3 is 1.75 bits per heavy atom. The molecule has 0 atom stereocenters. The van der Waals surface area contributed by atoms with Crippen molar-refractivity contribution in [3.8, 4) is 0 Å². The molecule has 0 fully saturated rings. The molecule has 12 heavy (non-hydrogen) atoms. The zero-order valence-corrected chi connectivity index (χ0v) is 7.48. The van der Waals surface area contributed by atoms with Gasteiger partial charge < -0.3 is 0 Å². The van der Waals surface area contributed by atoms with Crippen molar-refractivity contribution in [2.75, 3.05) is 0 Å². The molecule has 0 nitrogen and oxygen atoms in total. The topological polar surface area (TPSA) is 0 Å². The summed E-state index contributed by atoms with van der Waals surface area (Å²) in [7, 11) is 1.14. The second-order valence-corrected chi connectivity index (χ2v) is 2.99. The minimum Gasteiger partial charge on any atom is -0.204 e. The first-order valence-corrected chi connectivity index (χ1v) is 3.74. The van der Waals surface area contributed by atoms with Crippen LogP contribution in [0.5, 0.6) is 0 Å². The minimum atomic E-state index is -1.80. The van der Waals surface area contributed by atoms with Gasteiger partial charge in [-0.3, -0.25) is 0 Å². The van der Waals surface area contributed by atoms with Crippen LogP contribution in [0.4, 0.5) is 17.6 Å². The number of halogens is 5. The third kappa shape index (κ3) is 1.24. The quantitative estimate of drug-likeness (QED) is 0.277. The third-order valence-corrected chi connectivity index (χ3v) is 2.37. The van der Waals surface area contributed by atoms with E-state index in [1.54, 1.807) is 0 Å². The second-order valence-electron chi connectivity index (χ2n) is 2.19. The van der Waals surface area contributed by atoms with Crippen molar-refractivity contribution < 1.29 is 17.6 Å². The lowest BCUT2D eigenvalue weighted by molar-refractivity contribution is 0.410. The summed E-state index contributed by atoms with van der Waals surface area (Å²) in [5, 5.41) is 0. The largest absolute Gasteiger partial charge is 0.204 e. The monoisotopic (exact) mass is 240 g/mol. The van der Waals surface area contributed by atoms with Gasteiger partial charge in [0.2, 0.25) is 0 Å². The molecular weight excluding hydrogens is 239 g/mol. The molecule has 0 bridgehead atoms. The highest BCUT2D eigenvalue weighted by atomic mass is 79.9. The molecule has 0 saturated heterocycles. The lowest BCUT2D eigenvalue weighted by atomic mass is 9.95. The predicted octanol–water partition coefficient (Wildman–Crippen LogP) is 1.26. The average molecular weight is 241 g/mol. The fourth-order valence-electron chi connectivity index (χ4n) is 0.715. The zero-order valence-electron chi connectivity index (χ0n) is 5.89. The lowest BCUT2D eigenvalue weighted by Gasteiger charge is -2.03. The Bertz CT molecular complexity index is 234.